The summed E-state index contributed by atoms with van der Waals surface area (Å²) in [7, 11) is 0. The van der Waals surface area contributed by atoms with Gasteiger partial charge in [0.1, 0.15) is 0 Å². The minimum absolute atomic E-state index is 0.134. The van der Waals surface area contributed by atoms with Crippen LogP contribution in [0.3, 0.4) is 0 Å². The van der Waals surface area contributed by atoms with Gasteiger partial charge in [0.05, 0.1) is 16.4 Å². The van der Waals surface area contributed by atoms with Crippen molar-refractivity contribution in [2.75, 3.05) is 4.90 Å². The largest absolute Gasteiger partial charge is 0.310 e. The maximum Gasteiger partial charge on any atom is 0.0701 e. The maximum atomic E-state index is 2.45. The van der Waals surface area contributed by atoms with Crippen LogP contribution in [0.1, 0.15) is 47.2 Å². The van der Waals surface area contributed by atoms with E-state index in [9.17, 15) is 0 Å². The molecule has 0 saturated carbocycles. The Morgan fingerprint density at radius 1 is 0.367 bits per heavy atom. The van der Waals surface area contributed by atoms with Gasteiger partial charge in [-0.15, -0.1) is 0 Å². The summed E-state index contributed by atoms with van der Waals surface area (Å²) in [5, 5.41) is 2.45. The van der Waals surface area contributed by atoms with Crippen LogP contribution in [0.15, 0.2) is 231 Å². The fraction of sp³-hybridized carbons (Fsp3) is 0.0690. The highest BCUT2D eigenvalue weighted by Gasteiger charge is 2.39. The smallest absolute Gasteiger partial charge is 0.0701 e. The van der Waals surface area contributed by atoms with Crippen molar-refractivity contribution in [3.63, 3.8) is 0 Å². The standard InChI is InChI=1S/C58H44N2/c1-57(2)53-29-17-15-27-49(53)50-37-35-48(40-54(50)57)59(47-36-38-56-52(39-47)51-28-16-18-30-55(51)60(56)45-25-13-6-14-26-45)46-33-31-44(32-34-46)58(41-19-7-3-8-20-41,42-21-9-4-10-22-42)43-23-11-5-12-24-43/h3-40H,1-2H3. The van der Waals surface area contributed by atoms with Gasteiger partial charge in [-0.05, 0) is 105 Å². The summed E-state index contributed by atoms with van der Waals surface area (Å²) < 4.78 is 2.39. The molecule has 0 amide bonds. The summed E-state index contributed by atoms with van der Waals surface area (Å²) in [6, 6.07) is 84.7. The van der Waals surface area contributed by atoms with Crippen molar-refractivity contribution in [3.05, 3.63) is 264 Å². The molecular weight excluding hydrogens is 725 g/mol. The number of hydrogen-bond donors (Lipinski definition) is 0. The van der Waals surface area contributed by atoms with Crippen LogP contribution in [0.2, 0.25) is 0 Å². The zero-order valence-electron chi connectivity index (χ0n) is 33.8. The molecule has 0 saturated heterocycles. The number of benzene rings is 9. The van der Waals surface area contributed by atoms with Crippen molar-refractivity contribution in [2.45, 2.75) is 24.7 Å². The van der Waals surface area contributed by atoms with Crippen LogP contribution in [0.5, 0.6) is 0 Å². The van der Waals surface area contributed by atoms with E-state index in [1.807, 2.05) is 0 Å². The number of aromatic nitrogens is 1. The predicted octanol–water partition coefficient (Wildman–Crippen LogP) is 14.9. The van der Waals surface area contributed by atoms with E-state index < -0.39 is 5.41 Å². The molecule has 2 heteroatoms. The SMILES string of the molecule is CC1(C)c2ccccc2-c2ccc(N(c3ccc(C(c4ccccc4)(c4ccccc4)c4ccccc4)cc3)c3ccc4c(c3)c3ccccc3n4-c3ccccc3)cc21. The number of anilines is 3. The van der Waals surface area contributed by atoms with Crippen LogP contribution >= 0.6 is 0 Å². The minimum Gasteiger partial charge on any atom is -0.310 e. The monoisotopic (exact) mass is 768 g/mol. The third kappa shape index (κ3) is 5.48. The molecule has 1 aliphatic rings. The second-order valence-electron chi connectivity index (χ2n) is 16.5. The van der Waals surface area contributed by atoms with E-state index >= 15 is 0 Å². The zero-order chi connectivity index (χ0) is 40.3. The molecule has 1 aliphatic carbocycles. The highest BCUT2D eigenvalue weighted by molar-refractivity contribution is 6.10. The Kier molecular flexibility index (Phi) is 8.42. The van der Waals surface area contributed by atoms with Gasteiger partial charge in [0.25, 0.3) is 0 Å². The average molecular weight is 769 g/mol. The van der Waals surface area contributed by atoms with Crippen molar-refractivity contribution < 1.29 is 0 Å². The molecule has 0 N–H and O–H groups in total. The third-order valence-corrected chi connectivity index (χ3v) is 12.9. The van der Waals surface area contributed by atoms with Gasteiger partial charge in [0, 0.05) is 38.9 Å². The first-order valence-corrected chi connectivity index (χ1v) is 20.9. The number of para-hydroxylation sites is 2. The third-order valence-electron chi connectivity index (χ3n) is 12.9. The van der Waals surface area contributed by atoms with Crippen LogP contribution in [0.25, 0.3) is 38.6 Å². The van der Waals surface area contributed by atoms with Gasteiger partial charge in [-0.25, -0.2) is 0 Å². The maximum absolute atomic E-state index is 2.45. The van der Waals surface area contributed by atoms with Crippen molar-refractivity contribution >= 4 is 38.9 Å². The van der Waals surface area contributed by atoms with E-state index in [2.05, 4.69) is 254 Å². The summed E-state index contributed by atoms with van der Waals surface area (Å²) >= 11 is 0. The Hall–Kier alpha value is -7.42. The average Bonchev–Trinajstić information content (AvgIpc) is 3.76. The second kappa shape index (κ2) is 14.1. The van der Waals surface area contributed by atoms with Crippen molar-refractivity contribution in [3.8, 4) is 16.8 Å². The van der Waals surface area contributed by atoms with Gasteiger partial charge in [0.2, 0.25) is 0 Å². The molecule has 60 heavy (non-hydrogen) atoms. The van der Waals surface area contributed by atoms with E-state index in [-0.39, 0.29) is 5.41 Å². The molecule has 0 spiro atoms. The Bertz CT molecular complexity index is 3050. The molecule has 1 heterocycles. The van der Waals surface area contributed by atoms with Gasteiger partial charge in [-0.1, -0.05) is 184 Å². The molecule has 286 valence electrons. The molecule has 9 aromatic carbocycles. The second-order valence-corrected chi connectivity index (χ2v) is 16.5. The number of nitrogens with zero attached hydrogens (tertiary/aromatic N) is 2. The van der Waals surface area contributed by atoms with Gasteiger partial charge >= 0.3 is 0 Å². The number of fused-ring (bicyclic) bond motifs is 6. The van der Waals surface area contributed by atoms with Crippen LogP contribution in [0, 0.1) is 0 Å². The number of rotatable bonds is 8. The lowest BCUT2D eigenvalue weighted by atomic mass is 9.65. The molecule has 0 aliphatic heterocycles. The quantitative estimate of drug-likeness (QED) is 0.140. The fourth-order valence-corrected chi connectivity index (χ4v) is 10.2. The topological polar surface area (TPSA) is 8.17 Å². The number of hydrogen-bond acceptors (Lipinski definition) is 1. The van der Waals surface area contributed by atoms with Crippen LogP contribution in [-0.4, -0.2) is 4.57 Å². The molecule has 0 fully saturated rings. The summed E-state index contributed by atoms with van der Waals surface area (Å²) in [6.45, 7) is 4.73. The van der Waals surface area contributed by atoms with Crippen LogP contribution in [-0.2, 0) is 10.8 Å². The molecule has 0 unspecified atom stereocenters. The summed E-state index contributed by atoms with van der Waals surface area (Å²) in [5.74, 6) is 0. The van der Waals surface area contributed by atoms with E-state index in [4.69, 9.17) is 0 Å². The highest BCUT2D eigenvalue weighted by Crippen LogP contribution is 2.51. The van der Waals surface area contributed by atoms with Gasteiger partial charge in [-0.3, -0.25) is 0 Å². The summed E-state index contributed by atoms with van der Waals surface area (Å²) in [5.41, 5.74) is 16.5. The molecule has 10 aromatic rings. The summed E-state index contributed by atoms with van der Waals surface area (Å²) in [6.07, 6.45) is 0. The van der Waals surface area contributed by atoms with E-state index in [0.29, 0.717) is 0 Å². The molecular formula is C58H44N2. The molecule has 11 rings (SSSR count). The van der Waals surface area contributed by atoms with E-state index in [1.165, 1.54) is 66.3 Å². The first-order chi connectivity index (χ1) is 29.5. The highest BCUT2D eigenvalue weighted by atomic mass is 15.1. The van der Waals surface area contributed by atoms with Gasteiger partial charge in [-0.2, -0.15) is 0 Å². The lowest BCUT2D eigenvalue weighted by Gasteiger charge is -2.37. The Morgan fingerprint density at radius 2 is 0.833 bits per heavy atom. The molecule has 0 atom stereocenters. The lowest BCUT2D eigenvalue weighted by Crippen LogP contribution is -2.31. The van der Waals surface area contributed by atoms with E-state index in [0.717, 1.165) is 22.7 Å². The fourth-order valence-electron chi connectivity index (χ4n) is 10.2. The molecule has 2 nitrogen and oxygen atoms in total. The van der Waals surface area contributed by atoms with Crippen molar-refractivity contribution in [2.24, 2.45) is 0 Å². The van der Waals surface area contributed by atoms with Crippen LogP contribution in [0.4, 0.5) is 17.1 Å². The normalized spacial score (nSPS) is 13.0. The van der Waals surface area contributed by atoms with Gasteiger partial charge < -0.3 is 9.47 Å². The van der Waals surface area contributed by atoms with E-state index in [1.54, 1.807) is 0 Å². The zero-order valence-corrected chi connectivity index (χ0v) is 33.8. The van der Waals surface area contributed by atoms with Crippen molar-refractivity contribution in [1.29, 1.82) is 0 Å². The first kappa shape index (κ1) is 35.7. The Labute approximate surface area is 352 Å². The Balaban J connectivity index is 1.13. The van der Waals surface area contributed by atoms with Crippen LogP contribution < -0.4 is 4.90 Å². The molecule has 1 aromatic heterocycles. The first-order valence-electron chi connectivity index (χ1n) is 20.9. The lowest BCUT2D eigenvalue weighted by molar-refractivity contribution is 0.660. The minimum atomic E-state index is -0.533. The molecule has 0 radical (unpaired) electrons. The Morgan fingerprint density at radius 3 is 1.48 bits per heavy atom. The predicted molar refractivity (Wildman–Crippen MR) is 251 cm³/mol. The molecule has 0 bridgehead atoms. The van der Waals surface area contributed by atoms with Crippen molar-refractivity contribution in [1.82, 2.24) is 4.57 Å². The van der Waals surface area contributed by atoms with Gasteiger partial charge in [0.15, 0.2) is 0 Å². The summed E-state index contributed by atoms with van der Waals surface area (Å²) in [4.78, 5) is 2.45.